The van der Waals surface area contributed by atoms with Crippen LogP contribution in [0.3, 0.4) is 0 Å². The number of carbonyl (C=O) groups is 1. The Morgan fingerprint density at radius 1 is 1.50 bits per heavy atom. The molecule has 0 radical (unpaired) electrons. The van der Waals surface area contributed by atoms with E-state index in [4.69, 9.17) is 9.57 Å². The minimum Gasteiger partial charge on any atom is -0.463 e. The molecular formula is C15H18BrNO3. The molecule has 1 aromatic rings. The van der Waals surface area contributed by atoms with Crippen LogP contribution >= 0.6 is 15.9 Å². The van der Waals surface area contributed by atoms with Crippen molar-refractivity contribution >= 4 is 27.6 Å². The molecule has 0 unspecified atom stereocenters. The normalized spacial score (nSPS) is 20.2. The monoisotopic (exact) mass is 339 g/mol. The van der Waals surface area contributed by atoms with Crippen molar-refractivity contribution in [2.45, 2.75) is 33.8 Å². The SMILES string of the molecule is CCOC(=O)[C@@H]1ON=C(c2ccc(C)c(Br)c2)C1(C)C. The summed E-state index contributed by atoms with van der Waals surface area (Å²) in [6.07, 6.45) is -0.697. The zero-order chi connectivity index (χ0) is 14.9. The topological polar surface area (TPSA) is 47.9 Å². The third-order valence-electron chi connectivity index (χ3n) is 3.46. The van der Waals surface area contributed by atoms with Crippen LogP contribution in [0.15, 0.2) is 27.8 Å². The second kappa shape index (κ2) is 5.56. The van der Waals surface area contributed by atoms with E-state index in [2.05, 4.69) is 21.1 Å². The first-order valence-corrected chi connectivity index (χ1v) is 7.34. The van der Waals surface area contributed by atoms with E-state index in [1.54, 1.807) is 6.92 Å². The Morgan fingerprint density at radius 3 is 2.80 bits per heavy atom. The summed E-state index contributed by atoms with van der Waals surface area (Å²) < 4.78 is 6.05. The molecule has 1 aliphatic rings. The molecule has 0 aromatic heterocycles. The van der Waals surface area contributed by atoms with Gasteiger partial charge in [-0.1, -0.05) is 33.2 Å². The lowest BCUT2D eigenvalue weighted by molar-refractivity contribution is -0.159. The average molecular weight is 340 g/mol. The van der Waals surface area contributed by atoms with Crippen LogP contribution in [-0.2, 0) is 14.4 Å². The lowest BCUT2D eigenvalue weighted by Gasteiger charge is -2.24. The predicted molar refractivity (Wildman–Crippen MR) is 80.7 cm³/mol. The number of oxime groups is 1. The maximum Gasteiger partial charge on any atom is 0.351 e. The fourth-order valence-corrected chi connectivity index (χ4v) is 2.58. The number of halogens is 1. The van der Waals surface area contributed by atoms with Gasteiger partial charge in [-0.2, -0.15) is 0 Å². The van der Waals surface area contributed by atoms with E-state index in [9.17, 15) is 4.79 Å². The Balaban J connectivity index is 2.30. The zero-order valence-corrected chi connectivity index (χ0v) is 13.7. The van der Waals surface area contributed by atoms with Gasteiger partial charge < -0.3 is 9.57 Å². The summed E-state index contributed by atoms with van der Waals surface area (Å²) in [5.74, 6) is -0.373. The average Bonchev–Trinajstić information content (AvgIpc) is 2.68. The second-order valence-corrected chi connectivity index (χ2v) is 6.22. The number of aryl methyl sites for hydroxylation is 1. The molecule has 0 N–H and O–H groups in total. The Bertz CT molecular complexity index is 566. The molecule has 1 heterocycles. The Kier molecular flexibility index (Phi) is 4.18. The van der Waals surface area contributed by atoms with Crippen molar-refractivity contribution in [3.05, 3.63) is 33.8 Å². The molecule has 0 spiro atoms. The van der Waals surface area contributed by atoms with Crippen LogP contribution in [-0.4, -0.2) is 24.4 Å². The molecule has 4 nitrogen and oxygen atoms in total. The zero-order valence-electron chi connectivity index (χ0n) is 12.1. The first-order valence-electron chi connectivity index (χ1n) is 6.55. The van der Waals surface area contributed by atoms with Gasteiger partial charge in [0, 0.05) is 10.0 Å². The van der Waals surface area contributed by atoms with Crippen molar-refractivity contribution in [2.75, 3.05) is 6.61 Å². The van der Waals surface area contributed by atoms with E-state index < -0.39 is 11.5 Å². The third kappa shape index (κ3) is 2.59. The summed E-state index contributed by atoms with van der Waals surface area (Å²) in [6, 6.07) is 5.99. The summed E-state index contributed by atoms with van der Waals surface area (Å²) in [7, 11) is 0. The maximum atomic E-state index is 11.9. The van der Waals surface area contributed by atoms with E-state index in [0.29, 0.717) is 6.61 Å². The molecular weight excluding hydrogens is 322 g/mol. The molecule has 1 aliphatic heterocycles. The highest BCUT2D eigenvalue weighted by Gasteiger charge is 2.48. The van der Waals surface area contributed by atoms with Gasteiger partial charge >= 0.3 is 5.97 Å². The number of ether oxygens (including phenoxy) is 1. The van der Waals surface area contributed by atoms with Gasteiger partial charge in [0.05, 0.1) is 17.7 Å². The van der Waals surface area contributed by atoms with E-state index in [1.807, 2.05) is 39.0 Å². The van der Waals surface area contributed by atoms with Gasteiger partial charge in [0.2, 0.25) is 6.10 Å². The summed E-state index contributed by atoms with van der Waals surface area (Å²) in [6.45, 7) is 8.01. The van der Waals surface area contributed by atoms with Gasteiger partial charge in [0.15, 0.2) is 0 Å². The highest BCUT2D eigenvalue weighted by atomic mass is 79.9. The van der Waals surface area contributed by atoms with Crippen LogP contribution in [0.5, 0.6) is 0 Å². The van der Waals surface area contributed by atoms with Crippen LogP contribution < -0.4 is 0 Å². The van der Waals surface area contributed by atoms with Crippen LogP contribution in [0.25, 0.3) is 0 Å². The van der Waals surface area contributed by atoms with Gasteiger partial charge in [-0.3, -0.25) is 0 Å². The van der Waals surface area contributed by atoms with Gasteiger partial charge in [-0.15, -0.1) is 0 Å². The predicted octanol–water partition coefficient (Wildman–Crippen LogP) is 3.45. The van der Waals surface area contributed by atoms with Gasteiger partial charge in [0.1, 0.15) is 0 Å². The number of carbonyl (C=O) groups excluding carboxylic acids is 1. The van der Waals surface area contributed by atoms with Gasteiger partial charge in [-0.05, 0) is 39.3 Å². The van der Waals surface area contributed by atoms with Crippen molar-refractivity contribution in [2.24, 2.45) is 10.6 Å². The van der Waals surface area contributed by atoms with Crippen LogP contribution in [0.1, 0.15) is 31.9 Å². The molecule has 108 valence electrons. The number of hydrogen-bond acceptors (Lipinski definition) is 4. The quantitative estimate of drug-likeness (QED) is 0.792. The van der Waals surface area contributed by atoms with E-state index >= 15 is 0 Å². The van der Waals surface area contributed by atoms with Gasteiger partial charge in [0.25, 0.3) is 0 Å². The van der Waals surface area contributed by atoms with Crippen molar-refractivity contribution in [1.29, 1.82) is 0 Å². The van der Waals surface area contributed by atoms with E-state index in [0.717, 1.165) is 21.3 Å². The standard InChI is InChI=1S/C15H18BrNO3/c1-5-19-14(18)13-15(3,4)12(17-20-13)10-7-6-9(2)11(16)8-10/h6-8,13H,5H2,1-4H3/t13-/m0/s1. The Hall–Kier alpha value is -1.36. The van der Waals surface area contributed by atoms with E-state index in [1.165, 1.54) is 0 Å². The smallest absolute Gasteiger partial charge is 0.351 e. The first-order chi connectivity index (χ1) is 9.37. The number of hydrogen-bond donors (Lipinski definition) is 0. The molecule has 0 amide bonds. The summed E-state index contributed by atoms with van der Waals surface area (Å²) in [4.78, 5) is 17.2. The van der Waals surface area contributed by atoms with Crippen molar-refractivity contribution in [3.63, 3.8) is 0 Å². The Labute approximate surface area is 127 Å². The minimum absolute atomic E-state index is 0.334. The molecule has 0 saturated carbocycles. The lowest BCUT2D eigenvalue weighted by Crippen LogP contribution is -2.40. The fraction of sp³-hybridized carbons (Fsp3) is 0.467. The Morgan fingerprint density at radius 2 is 2.20 bits per heavy atom. The molecule has 5 heteroatoms. The first kappa shape index (κ1) is 15.0. The van der Waals surface area contributed by atoms with E-state index in [-0.39, 0.29) is 5.97 Å². The fourth-order valence-electron chi connectivity index (χ4n) is 2.20. The van der Waals surface area contributed by atoms with Crippen molar-refractivity contribution < 1.29 is 14.4 Å². The number of esters is 1. The minimum atomic E-state index is -0.697. The van der Waals surface area contributed by atoms with Gasteiger partial charge in [-0.25, -0.2) is 4.79 Å². The summed E-state index contributed by atoms with van der Waals surface area (Å²) in [5.41, 5.74) is 2.32. The molecule has 1 atom stereocenters. The molecule has 2 rings (SSSR count). The third-order valence-corrected chi connectivity index (χ3v) is 4.32. The van der Waals surface area contributed by atoms with Crippen LogP contribution in [0.4, 0.5) is 0 Å². The molecule has 0 aliphatic carbocycles. The molecule has 1 aromatic carbocycles. The largest absolute Gasteiger partial charge is 0.463 e. The van der Waals surface area contributed by atoms with Crippen LogP contribution in [0.2, 0.25) is 0 Å². The highest BCUT2D eigenvalue weighted by molar-refractivity contribution is 9.10. The molecule has 0 fully saturated rings. The second-order valence-electron chi connectivity index (χ2n) is 5.36. The molecule has 0 saturated heterocycles. The number of benzene rings is 1. The lowest BCUT2D eigenvalue weighted by atomic mass is 9.79. The molecule has 20 heavy (non-hydrogen) atoms. The number of rotatable bonds is 3. The number of nitrogens with zero attached hydrogens (tertiary/aromatic N) is 1. The maximum absolute atomic E-state index is 11.9. The summed E-state index contributed by atoms with van der Waals surface area (Å²) in [5, 5.41) is 4.11. The van der Waals surface area contributed by atoms with Crippen LogP contribution in [0, 0.1) is 12.3 Å². The molecule has 0 bridgehead atoms. The highest BCUT2D eigenvalue weighted by Crippen LogP contribution is 2.36. The summed E-state index contributed by atoms with van der Waals surface area (Å²) >= 11 is 3.51. The van der Waals surface area contributed by atoms with Crippen molar-refractivity contribution in [3.8, 4) is 0 Å². The van der Waals surface area contributed by atoms with Crippen molar-refractivity contribution in [1.82, 2.24) is 0 Å².